The fraction of sp³-hybridized carbons (Fsp3) is 0.429. The van der Waals surface area contributed by atoms with E-state index in [2.05, 4.69) is 19.1 Å². The van der Waals surface area contributed by atoms with Crippen LogP contribution in [0.5, 0.6) is 11.5 Å². The Morgan fingerprint density at radius 1 is 1.04 bits per heavy atom. The number of fused-ring (bicyclic) bond motifs is 1. The first-order valence-electron chi connectivity index (χ1n) is 9.26. The van der Waals surface area contributed by atoms with Crippen molar-refractivity contribution in [3.8, 4) is 11.5 Å². The van der Waals surface area contributed by atoms with E-state index in [1.54, 1.807) is 0 Å². The van der Waals surface area contributed by atoms with E-state index in [9.17, 15) is 10.1 Å². The van der Waals surface area contributed by atoms with E-state index in [0.29, 0.717) is 17.9 Å². The maximum Gasteiger partial charge on any atom is 0.231 e. The molecule has 1 heterocycles. The summed E-state index contributed by atoms with van der Waals surface area (Å²) < 4.78 is 10.8. The van der Waals surface area contributed by atoms with E-state index in [-0.39, 0.29) is 17.6 Å². The second kappa shape index (κ2) is 8.21. The standard InChI is InChI=1S/C21H25NO4/c1-3-5-6-15-7-9-16(10-8-15)21(18(4-2)22(23)24)17-11-12-19-20(13-17)26-14-25-19/h7-13,18,21H,3-6,14H2,1-2H3. The Morgan fingerprint density at radius 3 is 2.38 bits per heavy atom. The monoisotopic (exact) mass is 355 g/mol. The average Bonchev–Trinajstić information content (AvgIpc) is 3.12. The van der Waals surface area contributed by atoms with Gasteiger partial charge in [0.15, 0.2) is 11.5 Å². The molecule has 2 aromatic rings. The summed E-state index contributed by atoms with van der Waals surface area (Å²) in [5.74, 6) is 1.03. The lowest BCUT2D eigenvalue weighted by molar-refractivity contribution is -0.525. The van der Waals surface area contributed by atoms with Crippen LogP contribution < -0.4 is 9.47 Å². The largest absolute Gasteiger partial charge is 0.454 e. The van der Waals surface area contributed by atoms with Crippen molar-refractivity contribution in [3.63, 3.8) is 0 Å². The zero-order chi connectivity index (χ0) is 18.5. The molecule has 0 aliphatic carbocycles. The first kappa shape index (κ1) is 18.2. The van der Waals surface area contributed by atoms with Crippen molar-refractivity contribution in [2.24, 2.45) is 0 Å². The van der Waals surface area contributed by atoms with Gasteiger partial charge < -0.3 is 9.47 Å². The number of nitrogens with zero attached hydrogens (tertiary/aromatic N) is 1. The molecule has 0 amide bonds. The number of unbranched alkanes of at least 4 members (excludes halogenated alkanes) is 1. The number of hydrogen-bond donors (Lipinski definition) is 0. The Morgan fingerprint density at radius 2 is 1.73 bits per heavy atom. The van der Waals surface area contributed by atoms with E-state index in [4.69, 9.17) is 9.47 Å². The minimum Gasteiger partial charge on any atom is -0.454 e. The molecule has 0 bridgehead atoms. The number of benzene rings is 2. The summed E-state index contributed by atoms with van der Waals surface area (Å²) in [5.41, 5.74) is 3.13. The molecular formula is C21H25NO4. The molecule has 3 rings (SSSR count). The summed E-state index contributed by atoms with van der Waals surface area (Å²) in [6.45, 7) is 4.23. The average molecular weight is 355 g/mol. The highest BCUT2D eigenvalue weighted by Gasteiger charge is 2.33. The first-order chi connectivity index (χ1) is 12.6. The fourth-order valence-corrected chi connectivity index (χ4v) is 3.52. The third-order valence-electron chi connectivity index (χ3n) is 4.99. The van der Waals surface area contributed by atoms with Crippen molar-refractivity contribution in [2.45, 2.75) is 51.5 Å². The van der Waals surface area contributed by atoms with E-state index in [1.807, 2.05) is 37.3 Å². The van der Waals surface area contributed by atoms with Crippen LogP contribution in [-0.2, 0) is 6.42 Å². The smallest absolute Gasteiger partial charge is 0.231 e. The van der Waals surface area contributed by atoms with Gasteiger partial charge in [-0.25, -0.2) is 0 Å². The van der Waals surface area contributed by atoms with Gasteiger partial charge in [0.1, 0.15) is 0 Å². The summed E-state index contributed by atoms with van der Waals surface area (Å²) >= 11 is 0. The van der Waals surface area contributed by atoms with Gasteiger partial charge in [-0.05, 0) is 41.7 Å². The minimum absolute atomic E-state index is 0.166. The Balaban J connectivity index is 1.97. The second-order valence-electron chi connectivity index (χ2n) is 6.70. The quantitative estimate of drug-likeness (QED) is 0.497. The molecule has 0 saturated heterocycles. The molecule has 0 spiro atoms. The number of nitro groups is 1. The van der Waals surface area contributed by atoms with Crippen LogP contribution in [0.4, 0.5) is 0 Å². The van der Waals surface area contributed by atoms with Crippen LogP contribution in [0, 0.1) is 10.1 Å². The van der Waals surface area contributed by atoms with Crippen molar-refractivity contribution < 1.29 is 14.4 Å². The zero-order valence-electron chi connectivity index (χ0n) is 15.3. The summed E-state index contributed by atoms with van der Waals surface area (Å²) in [6.07, 6.45) is 3.81. The van der Waals surface area contributed by atoms with Gasteiger partial charge in [-0.2, -0.15) is 0 Å². The van der Waals surface area contributed by atoms with Crippen molar-refractivity contribution in [1.29, 1.82) is 0 Å². The van der Waals surface area contributed by atoms with Crippen molar-refractivity contribution in [2.75, 3.05) is 6.79 Å². The van der Waals surface area contributed by atoms with Gasteiger partial charge in [-0.15, -0.1) is 0 Å². The van der Waals surface area contributed by atoms with Gasteiger partial charge >= 0.3 is 0 Å². The minimum atomic E-state index is -0.683. The lowest BCUT2D eigenvalue weighted by atomic mass is 9.83. The van der Waals surface area contributed by atoms with Gasteiger partial charge in [0.05, 0.1) is 5.92 Å². The number of aryl methyl sites for hydroxylation is 1. The van der Waals surface area contributed by atoms with E-state index < -0.39 is 6.04 Å². The summed E-state index contributed by atoms with van der Waals surface area (Å²) in [4.78, 5) is 11.5. The molecular weight excluding hydrogens is 330 g/mol. The maximum atomic E-state index is 11.7. The fourth-order valence-electron chi connectivity index (χ4n) is 3.52. The van der Waals surface area contributed by atoms with Gasteiger partial charge in [-0.3, -0.25) is 10.1 Å². The molecule has 0 N–H and O–H groups in total. The third-order valence-corrected chi connectivity index (χ3v) is 4.99. The van der Waals surface area contributed by atoms with Crippen LogP contribution in [0.15, 0.2) is 42.5 Å². The Labute approximate surface area is 154 Å². The Hall–Kier alpha value is -2.56. The SMILES string of the molecule is CCCCc1ccc(C(c2ccc3c(c2)OCO3)C(CC)[N+](=O)[O-])cc1. The Bertz CT molecular complexity index is 757. The normalized spacial score (nSPS) is 14.8. The molecule has 2 aromatic carbocycles. The molecule has 2 unspecified atom stereocenters. The summed E-state index contributed by atoms with van der Waals surface area (Å²) in [6, 6.07) is 13.2. The van der Waals surface area contributed by atoms with E-state index in [1.165, 1.54) is 5.56 Å². The highest BCUT2D eigenvalue weighted by molar-refractivity contribution is 5.48. The number of ether oxygens (including phenoxy) is 2. The van der Waals surface area contributed by atoms with Crippen LogP contribution in [0.3, 0.4) is 0 Å². The molecule has 0 radical (unpaired) electrons. The van der Waals surface area contributed by atoms with E-state index in [0.717, 1.165) is 30.4 Å². The van der Waals surface area contributed by atoms with Gasteiger partial charge in [0, 0.05) is 11.3 Å². The summed E-state index contributed by atoms with van der Waals surface area (Å²) in [7, 11) is 0. The molecule has 5 nitrogen and oxygen atoms in total. The molecule has 26 heavy (non-hydrogen) atoms. The highest BCUT2D eigenvalue weighted by Crippen LogP contribution is 2.38. The Kier molecular flexibility index (Phi) is 5.76. The summed E-state index contributed by atoms with van der Waals surface area (Å²) in [5, 5.41) is 11.7. The molecule has 1 aliphatic heterocycles. The predicted octanol–water partition coefficient (Wildman–Crippen LogP) is 4.95. The molecule has 0 aromatic heterocycles. The lowest BCUT2D eigenvalue weighted by Crippen LogP contribution is -2.27. The van der Waals surface area contributed by atoms with Crippen LogP contribution >= 0.6 is 0 Å². The van der Waals surface area contributed by atoms with Gasteiger partial charge in [-0.1, -0.05) is 50.6 Å². The molecule has 1 aliphatic rings. The van der Waals surface area contributed by atoms with Gasteiger partial charge in [0.2, 0.25) is 12.8 Å². The predicted molar refractivity (Wildman–Crippen MR) is 101 cm³/mol. The molecule has 138 valence electrons. The lowest BCUT2D eigenvalue weighted by Gasteiger charge is -2.22. The van der Waals surface area contributed by atoms with Gasteiger partial charge in [0.25, 0.3) is 0 Å². The third kappa shape index (κ3) is 3.82. The van der Waals surface area contributed by atoms with Crippen LogP contribution in [0.2, 0.25) is 0 Å². The second-order valence-corrected chi connectivity index (χ2v) is 6.70. The number of hydrogen-bond acceptors (Lipinski definition) is 4. The van der Waals surface area contributed by atoms with Crippen molar-refractivity contribution >= 4 is 0 Å². The first-order valence-corrected chi connectivity index (χ1v) is 9.26. The zero-order valence-corrected chi connectivity index (χ0v) is 15.3. The molecule has 0 fully saturated rings. The van der Waals surface area contributed by atoms with Crippen molar-refractivity contribution in [3.05, 3.63) is 69.3 Å². The molecule has 0 saturated carbocycles. The van der Waals surface area contributed by atoms with Crippen molar-refractivity contribution in [1.82, 2.24) is 0 Å². The number of rotatable bonds is 8. The maximum absolute atomic E-state index is 11.7. The highest BCUT2D eigenvalue weighted by atomic mass is 16.7. The van der Waals surface area contributed by atoms with Crippen LogP contribution in [-0.4, -0.2) is 17.8 Å². The molecule has 5 heteroatoms. The van der Waals surface area contributed by atoms with Crippen LogP contribution in [0.1, 0.15) is 55.7 Å². The topological polar surface area (TPSA) is 61.6 Å². The molecule has 2 atom stereocenters. The van der Waals surface area contributed by atoms with E-state index >= 15 is 0 Å². The van der Waals surface area contributed by atoms with Crippen LogP contribution in [0.25, 0.3) is 0 Å².